The first kappa shape index (κ1) is 18.4. The van der Waals surface area contributed by atoms with Gasteiger partial charge in [0, 0.05) is 18.2 Å². The van der Waals surface area contributed by atoms with Gasteiger partial charge in [-0.2, -0.15) is 0 Å². The molecule has 1 N–H and O–H groups in total. The topological polar surface area (TPSA) is 72.5 Å². The number of anilines is 1. The Morgan fingerprint density at radius 1 is 1.00 bits per heavy atom. The SMILES string of the molecule is CC(=O)Nc1ccc(C(=O)[C@H](C)OC(=O)Cc2ccc(C)cc2)cc1. The summed E-state index contributed by atoms with van der Waals surface area (Å²) in [6.45, 7) is 4.94. The number of benzene rings is 2. The first-order chi connectivity index (χ1) is 11.8. The van der Waals surface area contributed by atoms with Crippen LogP contribution in [0.1, 0.15) is 35.3 Å². The van der Waals surface area contributed by atoms with Crippen molar-refractivity contribution in [2.75, 3.05) is 5.32 Å². The van der Waals surface area contributed by atoms with E-state index in [2.05, 4.69) is 5.32 Å². The molecule has 2 aromatic rings. The summed E-state index contributed by atoms with van der Waals surface area (Å²) in [5, 5.41) is 2.63. The second kappa shape index (κ2) is 8.24. The van der Waals surface area contributed by atoms with E-state index in [9.17, 15) is 14.4 Å². The molecule has 0 heterocycles. The van der Waals surface area contributed by atoms with Crippen molar-refractivity contribution < 1.29 is 19.1 Å². The lowest BCUT2D eigenvalue weighted by molar-refractivity contribution is -0.145. The molecule has 2 rings (SSSR count). The Bertz CT molecular complexity index is 763. The molecule has 5 heteroatoms. The Morgan fingerprint density at radius 3 is 2.16 bits per heavy atom. The lowest BCUT2D eigenvalue weighted by Crippen LogP contribution is -2.25. The van der Waals surface area contributed by atoms with Gasteiger partial charge in [0.15, 0.2) is 6.10 Å². The van der Waals surface area contributed by atoms with Gasteiger partial charge < -0.3 is 10.1 Å². The Hall–Kier alpha value is -2.95. The number of hydrogen-bond donors (Lipinski definition) is 1. The van der Waals surface area contributed by atoms with Gasteiger partial charge in [0.25, 0.3) is 0 Å². The summed E-state index contributed by atoms with van der Waals surface area (Å²) in [4.78, 5) is 35.3. The highest BCUT2D eigenvalue weighted by molar-refractivity contribution is 6.00. The van der Waals surface area contributed by atoms with E-state index in [1.165, 1.54) is 6.92 Å². The van der Waals surface area contributed by atoms with Gasteiger partial charge in [-0.3, -0.25) is 14.4 Å². The quantitative estimate of drug-likeness (QED) is 0.647. The zero-order valence-corrected chi connectivity index (χ0v) is 14.5. The van der Waals surface area contributed by atoms with Crippen LogP contribution in [0.5, 0.6) is 0 Å². The molecule has 0 saturated carbocycles. The van der Waals surface area contributed by atoms with Crippen molar-refractivity contribution >= 4 is 23.3 Å². The Labute approximate surface area is 147 Å². The summed E-state index contributed by atoms with van der Waals surface area (Å²) in [6, 6.07) is 14.0. The fraction of sp³-hybridized carbons (Fsp3) is 0.250. The summed E-state index contributed by atoms with van der Waals surface area (Å²) in [7, 11) is 0. The smallest absolute Gasteiger partial charge is 0.310 e. The lowest BCUT2D eigenvalue weighted by Gasteiger charge is -2.13. The van der Waals surface area contributed by atoms with Crippen molar-refractivity contribution in [2.24, 2.45) is 0 Å². The summed E-state index contributed by atoms with van der Waals surface area (Å²) >= 11 is 0. The number of amides is 1. The number of hydrogen-bond acceptors (Lipinski definition) is 4. The van der Waals surface area contributed by atoms with E-state index >= 15 is 0 Å². The maximum atomic E-state index is 12.3. The summed E-state index contributed by atoms with van der Waals surface area (Å²) in [5.74, 6) is -0.913. The molecule has 25 heavy (non-hydrogen) atoms. The standard InChI is InChI=1S/C20H21NO4/c1-13-4-6-16(7-5-13)12-19(23)25-14(2)20(24)17-8-10-18(11-9-17)21-15(3)22/h4-11,14H,12H2,1-3H3,(H,21,22)/t14-/m0/s1. The minimum Gasteiger partial charge on any atom is -0.454 e. The van der Waals surface area contributed by atoms with Gasteiger partial charge in [0.2, 0.25) is 11.7 Å². The predicted octanol–water partition coefficient (Wildman–Crippen LogP) is 3.31. The molecule has 0 saturated heterocycles. The van der Waals surface area contributed by atoms with Crippen LogP contribution in [-0.4, -0.2) is 23.8 Å². The predicted molar refractivity (Wildman–Crippen MR) is 95.5 cm³/mol. The third-order valence-corrected chi connectivity index (χ3v) is 3.64. The monoisotopic (exact) mass is 339 g/mol. The minimum atomic E-state index is -0.871. The van der Waals surface area contributed by atoms with Crippen LogP contribution < -0.4 is 5.32 Å². The molecular weight excluding hydrogens is 318 g/mol. The molecule has 1 amide bonds. The van der Waals surface area contributed by atoms with Crippen LogP contribution in [-0.2, 0) is 20.7 Å². The molecule has 0 aromatic heterocycles. The van der Waals surface area contributed by atoms with Crippen LogP contribution in [0.4, 0.5) is 5.69 Å². The molecular formula is C20H21NO4. The number of Topliss-reactive ketones (excluding diaryl/α,β-unsaturated/α-hetero) is 1. The Kier molecular flexibility index (Phi) is 6.06. The highest BCUT2D eigenvalue weighted by Gasteiger charge is 2.19. The Morgan fingerprint density at radius 2 is 1.60 bits per heavy atom. The van der Waals surface area contributed by atoms with E-state index in [4.69, 9.17) is 4.74 Å². The van der Waals surface area contributed by atoms with Crippen molar-refractivity contribution in [3.63, 3.8) is 0 Å². The number of nitrogens with one attached hydrogen (secondary N) is 1. The fourth-order valence-electron chi connectivity index (χ4n) is 2.32. The van der Waals surface area contributed by atoms with Crippen molar-refractivity contribution in [1.29, 1.82) is 0 Å². The maximum absolute atomic E-state index is 12.3. The van der Waals surface area contributed by atoms with E-state index < -0.39 is 12.1 Å². The molecule has 2 aromatic carbocycles. The molecule has 0 unspecified atom stereocenters. The van der Waals surface area contributed by atoms with Gasteiger partial charge in [-0.05, 0) is 43.7 Å². The van der Waals surface area contributed by atoms with Gasteiger partial charge in [0.05, 0.1) is 6.42 Å². The second-order valence-electron chi connectivity index (χ2n) is 5.92. The van der Waals surface area contributed by atoms with Gasteiger partial charge in [-0.1, -0.05) is 29.8 Å². The molecule has 5 nitrogen and oxygen atoms in total. The van der Waals surface area contributed by atoms with Crippen LogP contribution >= 0.6 is 0 Å². The molecule has 1 atom stereocenters. The largest absolute Gasteiger partial charge is 0.454 e. The number of rotatable bonds is 6. The van der Waals surface area contributed by atoms with E-state index in [1.54, 1.807) is 31.2 Å². The highest BCUT2D eigenvalue weighted by atomic mass is 16.5. The van der Waals surface area contributed by atoms with Gasteiger partial charge in [0.1, 0.15) is 0 Å². The third-order valence-electron chi connectivity index (χ3n) is 3.64. The van der Waals surface area contributed by atoms with Crippen LogP contribution in [0, 0.1) is 6.92 Å². The van der Waals surface area contributed by atoms with Gasteiger partial charge in [-0.15, -0.1) is 0 Å². The molecule has 0 bridgehead atoms. The summed E-state index contributed by atoms with van der Waals surface area (Å²) in [5.41, 5.74) is 2.98. The number of aryl methyl sites for hydroxylation is 1. The zero-order valence-electron chi connectivity index (χ0n) is 14.5. The molecule has 0 radical (unpaired) electrons. The van der Waals surface area contributed by atoms with E-state index in [1.807, 2.05) is 31.2 Å². The van der Waals surface area contributed by atoms with E-state index in [0.717, 1.165) is 11.1 Å². The summed E-state index contributed by atoms with van der Waals surface area (Å²) in [6.07, 6.45) is -0.746. The average Bonchev–Trinajstić information content (AvgIpc) is 2.56. The number of ether oxygens (including phenoxy) is 1. The second-order valence-corrected chi connectivity index (χ2v) is 5.92. The summed E-state index contributed by atoms with van der Waals surface area (Å²) < 4.78 is 5.24. The van der Waals surface area contributed by atoms with Gasteiger partial charge in [-0.25, -0.2) is 0 Å². The minimum absolute atomic E-state index is 0.124. The van der Waals surface area contributed by atoms with Crippen LogP contribution in [0.2, 0.25) is 0 Å². The highest BCUT2D eigenvalue weighted by Crippen LogP contribution is 2.13. The normalized spacial score (nSPS) is 11.5. The first-order valence-corrected chi connectivity index (χ1v) is 8.02. The fourth-order valence-corrected chi connectivity index (χ4v) is 2.32. The molecule has 0 aliphatic carbocycles. The number of esters is 1. The first-order valence-electron chi connectivity index (χ1n) is 8.02. The lowest BCUT2D eigenvalue weighted by atomic mass is 10.1. The third kappa shape index (κ3) is 5.57. The van der Waals surface area contributed by atoms with Crippen molar-refractivity contribution in [3.05, 3.63) is 65.2 Å². The molecule has 0 aliphatic rings. The van der Waals surface area contributed by atoms with E-state index in [0.29, 0.717) is 11.3 Å². The Balaban J connectivity index is 1.93. The van der Waals surface area contributed by atoms with Crippen molar-refractivity contribution in [3.8, 4) is 0 Å². The number of carbonyl (C=O) groups is 3. The van der Waals surface area contributed by atoms with E-state index in [-0.39, 0.29) is 18.1 Å². The van der Waals surface area contributed by atoms with Crippen molar-refractivity contribution in [1.82, 2.24) is 0 Å². The number of carbonyl (C=O) groups excluding carboxylic acids is 3. The molecule has 0 spiro atoms. The van der Waals surface area contributed by atoms with Crippen LogP contribution in [0.3, 0.4) is 0 Å². The molecule has 0 fully saturated rings. The molecule has 130 valence electrons. The number of ketones is 1. The van der Waals surface area contributed by atoms with Gasteiger partial charge >= 0.3 is 5.97 Å². The molecule has 0 aliphatic heterocycles. The zero-order chi connectivity index (χ0) is 18.4. The maximum Gasteiger partial charge on any atom is 0.310 e. The van der Waals surface area contributed by atoms with Crippen molar-refractivity contribution in [2.45, 2.75) is 33.3 Å². The average molecular weight is 339 g/mol. The van der Waals surface area contributed by atoms with Crippen LogP contribution in [0.15, 0.2) is 48.5 Å². The van der Waals surface area contributed by atoms with Crippen LogP contribution in [0.25, 0.3) is 0 Å².